The molecule has 0 aromatic rings. The molecule has 0 heterocycles. The van der Waals surface area contributed by atoms with E-state index >= 15 is 0 Å². The molecule has 0 amide bonds. The number of carboxylic acid groups (broad SMARTS) is 2. The van der Waals surface area contributed by atoms with E-state index in [0.717, 1.165) is 0 Å². The minimum absolute atomic E-state index is 0. The van der Waals surface area contributed by atoms with Gasteiger partial charge in [0.2, 0.25) is 0 Å². The Labute approximate surface area is 139 Å². The first kappa shape index (κ1) is 24.7. The first-order chi connectivity index (χ1) is 5.54. The van der Waals surface area contributed by atoms with Gasteiger partial charge in [0, 0.05) is 11.9 Å². The van der Waals surface area contributed by atoms with Gasteiger partial charge in [0.25, 0.3) is 0 Å². The van der Waals surface area contributed by atoms with Gasteiger partial charge in [-0.25, -0.2) is 0 Å². The normalized spacial score (nSPS) is 7.00. The maximum Gasteiger partial charge on any atom is 1.00 e. The second-order valence-corrected chi connectivity index (χ2v) is 2.59. The summed E-state index contributed by atoms with van der Waals surface area (Å²) in [6, 6.07) is 0. The van der Waals surface area contributed by atoms with Crippen molar-refractivity contribution in [2.45, 2.75) is 12.8 Å². The summed E-state index contributed by atoms with van der Waals surface area (Å²) in [5, 5.41) is 18.9. The molecule has 0 aromatic heterocycles. The molecular formula is C6H10Na2O4S2. The van der Waals surface area contributed by atoms with Crippen LogP contribution in [-0.2, 0) is 9.59 Å². The van der Waals surface area contributed by atoms with E-state index in [1.165, 1.54) is 0 Å². The van der Waals surface area contributed by atoms with Crippen LogP contribution in [-0.4, -0.2) is 23.4 Å². The molecule has 0 spiro atoms. The largest absolute Gasteiger partial charge is 1.00 e. The maximum atomic E-state index is 9.44. The minimum Gasteiger partial charge on any atom is -0.550 e. The average molecular weight is 256 g/mol. The molecule has 0 bridgehead atoms. The van der Waals surface area contributed by atoms with Gasteiger partial charge in [0.15, 0.2) is 0 Å². The minimum atomic E-state index is -1.04. The first-order valence-corrected chi connectivity index (χ1v) is 4.42. The number of hydrogen-bond donors (Lipinski definition) is 2. The van der Waals surface area contributed by atoms with E-state index in [1.807, 2.05) is 0 Å². The number of rotatable bonds is 4. The molecule has 0 unspecified atom stereocenters. The fourth-order valence-corrected chi connectivity index (χ4v) is 0.548. The van der Waals surface area contributed by atoms with Crippen molar-refractivity contribution in [3.8, 4) is 0 Å². The van der Waals surface area contributed by atoms with Gasteiger partial charge in [-0.05, 0) is 24.3 Å². The van der Waals surface area contributed by atoms with E-state index in [1.54, 1.807) is 0 Å². The van der Waals surface area contributed by atoms with E-state index < -0.39 is 11.9 Å². The molecule has 0 N–H and O–H groups in total. The van der Waals surface area contributed by atoms with Gasteiger partial charge in [-0.1, -0.05) is 0 Å². The van der Waals surface area contributed by atoms with Crippen LogP contribution in [0.25, 0.3) is 0 Å². The molecule has 8 heteroatoms. The van der Waals surface area contributed by atoms with Gasteiger partial charge in [-0.15, -0.1) is 0 Å². The van der Waals surface area contributed by atoms with Crippen molar-refractivity contribution in [3.63, 3.8) is 0 Å². The summed E-state index contributed by atoms with van der Waals surface area (Å²) in [5.41, 5.74) is 0. The number of carbonyl (C=O) groups is 2. The van der Waals surface area contributed by atoms with Crippen LogP contribution in [0.5, 0.6) is 0 Å². The number of carbonyl (C=O) groups excluding carboxylic acids is 2. The number of carboxylic acids is 2. The van der Waals surface area contributed by atoms with Crippen molar-refractivity contribution in [1.82, 2.24) is 0 Å². The Kier molecular flexibility index (Phi) is 35.5. The summed E-state index contributed by atoms with van der Waals surface area (Å²) < 4.78 is 0. The third-order valence-corrected chi connectivity index (χ3v) is 1.08. The zero-order chi connectivity index (χ0) is 9.98. The summed E-state index contributed by atoms with van der Waals surface area (Å²) >= 11 is 7.28. The molecule has 72 valence electrons. The predicted molar refractivity (Wildman–Crippen MR) is 47.0 cm³/mol. The van der Waals surface area contributed by atoms with Crippen molar-refractivity contribution in [1.29, 1.82) is 0 Å². The van der Waals surface area contributed by atoms with Crippen molar-refractivity contribution < 1.29 is 78.9 Å². The van der Waals surface area contributed by atoms with Gasteiger partial charge < -0.3 is 19.8 Å². The Balaban J connectivity index is -0.0000000625. The fraction of sp³-hybridized carbons (Fsp3) is 0.667. The van der Waals surface area contributed by atoms with Gasteiger partial charge in [0.1, 0.15) is 0 Å². The molecule has 0 fully saturated rings. The monoisotopic (exact) mass is 256 g/mol. The Hall–Kier alpha value is 1.64. The Morgan fingerprint density at radius 3 is 1.07 bits per heavy atom. The molecular weight excluding hydrogens is 246 g/mol. The molecule has 0 radical (unpaired) electrons. The second kappa shape index (κ2) is 20.1. The second-order valence-electron chi connectivity index (χ2n) is 1.69. The Morgan fingerprint density at radius 2 is 1.07 bits per heavy atom. The Bertz CT molecular complexity index is 130. The molecule has 0 saturated carbocycles. The van der Waals surface area contributed by atoms with Crippen molar-refractivity contribution >= 4 is 37.2 Å². The third kappa shape index (κ3) is 37.3. The van der Waals surface area contributed by atoms with Crippen LogP contribution >= 0.6 is 25.3 Å². The number of hydrogen-bond acceptors (Lipinski definition) is 6. The average Bonchev–Trinajstić information content (AvgIpc) is 1.87. The van der Waals surface area contributed by atoms with E-state index in [4.69, 9.17) is 0 Å². The van der Waals surface area contributed by atoms with Crippen molar-refractivity contribution in [3.05, 3.63) is 0 Å². The zero-order valence-corrected chi connectivity index (χ0v) is 14.1. The predicted octanol–water partition coefficient (Wildman–Crippen LogP) is -7.88. The number of aliphatic carboxylic acids is 2. The topological polar surface area (TPSA) is 80.3 Å². The van der Waals surface area contributed by atoms with Gasteiger partial charge >= 0.3 is 59.1 Å². The van der Waals surface area contributed by atoms with Crippen molar-refractivity contribution in [2.75, 3.05) is 11.5 Å². The van der Waals surface area contributed by atoms with E-state index in [-0.39, 0.29) is 72.0 Å². The summed E-state index contributed by atoms with van der Waals surface area (Å²) in [4.78, 5) is 18.9. The summed E-state index contributed by atoms with van der Waals surface area (Å²) in [6.45, 7) is 0. The van der Waals surface area contributed by atoms with Crippen molar-refractivity contribution in [2.24, 2.45) is 0 Å². The van der Waals surface area contributed by atoms with Crippen LogP contribution in [0.1, 0.15) is 12.8 Å². The van der Waals surface area contributed by atoms with Crippen LogP contribution < -0.4 is 69.3 Å². The Morgan fingerprint density at radius 1 is 0.857 bits per heavy atom. The smallest absolute Gasteiger partial charge is 0.550 e. The van der Waals surface area contributed by atoms with Crippen LogP contribution in [0, 0.1) is 0 Å². The van der Waals surface area contributed by atoms with Crippen LogP contribution in [0.15, 0.2) is 0 Å². The van der Waals surface area contributed by atoms with E-state index in [2.05, 4.69) is 25.3 Å². The molecule has 0 atom stereocenters. The fourth-order valence-electron chi connectivity index (χ4n) is 0.183. The standard InChI is InChI=1S/2C3H6O2S.2Na/c2*4-3(5)1-2-6;;/h2*6H,1-2H2,(H,4,5);;/q;;2*+1/p-2. The molecule has 0 aliphatic rings. The van der Waals surface area contributed by atoms with Crippen LogP contribution in [0.3, 0.4) is 0 Å². The molecule has 0 aromatic carbocycles. The SMILES string of the molecule is O=C([O-])CCS.O=C([O-])CCS.[Na+].[Na+]. The molecule has 0 rings (SSSR count). The maximum absolute atomic E-state index is 9.44. The van der Waals surface area contributed by atoms with Gasteiger partial charge in [-0.2, -0.15) is 25.3 Å². The van der Waals surface area contributed by atoms with Crippen LogP contribution in [0.4, 0.5) is 0 Å². The third-order valence-electron chi connectivity index (χ3n) is 0.632. The van der Waals surface area contributed by atoms with Gasteiger partial charge in [0.05, 0.1) is 0 Å². The summed E-state index contributed by atoms with van der Waals surface area (Å²) in [7, 11) is 0. The molecule has 14 heavy (non-hydrogen) atoms. The van der Waals surface area contributed by atoms with Gasteiger partial charge in [-0.3, -0.25) is 0 Å². The zero-order valence-electron chi connectivity index (χ0n) is 8.36. The molecule has 0 aliphatic carbocycles. The molecule has 0 aliphatic heterocycles. The van der Waals surface area contributed by atoms with E-state index in [9.17, 15) is 19.8 Å². The molecule has 0 saturated heterocycles. The van der Waals surface area contributed by atoms with E-state index in [0.29, 0.717) is 11.5 Å². The first-order valence-electron chi connectivity index (χ1n) is 3.16. The quantitative estimate of drug-likeness (QED) is 0.387. The summed E-state index contributed by atoms with van der Waals surface area (Å²) in [5.74, 6) is -1.35. The van der Waals surface area contributed by atoms with Crippen LogP contribution in [0.2, 0.25) is 0 Å². The molecule has 4 nitrogen and oxygen atoms in total. The number of thiol groups is 2. The summed E-state index contributed by atoms with van der Waals surface area (Å²) in [6.07, 6.45) is 0.0895.